The number of methoxy groups -OCH3 is 1. The molecule has 0 N–H and O–H groups in total. The van der Waals surface area contributed by atoms with Crippen LogP contribution in [0.3, 0.4) is 0 Å². The molecule has 200 valence electrons. The SMILES string of the molecule is COc1cc2c(N(C)CC3CCN(C)CC3)cc(-c3ccc(C)o3)nc2cc1OCCCN1CCCC1. The molecule has 7 nitrogen and oxygen atoms in total. The molecular weight excluding hydrogens is 464 g/mol. The summed E-state index contributed by atoms with van der Waals surface area (Å²) in [6.07, 6.45) is 6.10. The molecule has 2 aliphatic heterocycles. The molecule has 0 unspecified atom stereocenters. The smallest absolute Gasteiger partial charge is 0.163 e. The Hall–Kier alpha value is -2.77. The van der Waals surface area contributed by atoms with Crippen LogP contribution >= 0.6 is 0 Å². The third kappa shape index (κ3) is 6.21. The first kappa shape index (κ1) is 25.9. The second-order valence-electron chi connectivity index (χ2n) is 10.8. The minimum Gasteiger partial charge on any atom is -0.493 e. The summed E-state index contributed by atoms with van der Waals surface area (Å²) in [5, 5.41) is 1.07. The minimum absolute atomic E-state index is 0.665. The van der Waals surface area contributed by atoms with E-state index in [0.717, 1.165) is 64.8 Å². The van der Waals surface area contributed by atoms with Crippen LogP contribution < -0.4 is 14.4 Å². The van der Waals surface area contributed by atoms with E-state index in [1.165, 1.54) is 51.9 Å². The van der Waals surface area contributed by atoms with Crippen LogP contribution in [0.15, 0.2) is 34.7 Å². The van der Waals surface area contributed by atoms with Crippen molar-refractivity contribution in [3.05, 3.63) is 36.1 Å². The second-order valence-corrected chi connectivity index (χ2v) is 10.8. The zero-order chi connectivity index (χ0) is 25.8. The lowest BCUT2D eigenvalue weighted by molar-refractivity contribution is 0.222. The maximum absolute atomic E-state index is 6.24. The van der Waals surface area contributed by atoms with Gasteiger partial charge in [0.2, 0.25) is 0 Å². The number of rotatable bonds is 10. The molecule has 5 rings (SSSR count). The number of aryl methyl sites for hydroxylation is 1. The molecule has 0 saturated carbocycles. The largest absolute Gasteiger partial charge is 0.493 e. The molecule has 2 aliphatic rings. The number of hydrogen-bond acceptors (Lipinski definition) is 7. The minimum atomic E-state index is 0.665. The highest BCUT2D eigenvalue weighted by Crippen LogP contribution is 2.38. The topological polar surface area (TPSA) is 54.2 Å². The molecule has 0 radical (unpaired) electrons. The molecule has 37 heavy (non-hydrogen) atoms. The molecule has 7 heteroatoms. The van der Waals surface area contributed by atoms with E-state index in [2.05, 4.69) is 40.9 Å². The number of anilines is 1. The number of pyridine rings is 1. The van der Waals surface area contributed by atoms with Gasteiger partial charge in [-0.1, -0.05) is 0 Å². The zero-order valence-corrected chi connectivity index (χ0v) is 23.0. The van der Waals surface area contributed by atoms with Gasteiger partial charge in [0, 0.05) is 37.3 Å². The number of benzene rings is 1. The van der Waals surface area contributed by atoms with Crippen LogP contribution in [0.1, 0.15) is 37.9 Å². The normalized spacial score (nSPS) is 17.5. The van der Waals surface area contributed by atoms with Gasteiger partial charge in [-0.2, -0.15) is 0 Å². The molecular formula is C30H42N4O3. The highest BCUT2D eigenvalue weighted by atomic mass is 16.5. The zero-order valence-electron chi connectivity index (χ0n) is 23.0. The molecule has 0 amide bonds. The molecule has 4 heterocycles. The highest BCUT2D eigenvalue weighted by Gasteiger charge is 2.22. The Morgan fingerprint density at radius 1 is 1.05 bits per heavy atom. The van der Waals surface area contributed by atoms with Crippen molar-refractivity contribution in [2.75, 3.05) is 72.0 Å². The summed E-state index contributed by atoms with van der Waals surface area (Å²) >= 11 is 0. The summed E-state index contributed by atoms with van der Waals surface area (Å²) in [4.78, 5) is 12.3. The molecule has 0 spiro atoms. The van der Waals surface area contributed by atoms with E-state index in [1.54, 1.807) is 7.11 Å². The van der Waals surface area contributed by atoms with Crippen LogP contribution in [0.2, 0.25) is 0 Å². The van der Waals surface area contributed by atoms with E-state index >= 15 is 0 Å². The maximum Gasteiger partial charge on any atom is 0.163 e. The van der Waals surface area contributed by atoms with Gasteiger partial charge >= 0.3 is 0 Å². The summed E-state index contributed by atoms with van der Waals surface area (Å²) in [6, 6.07) is 10.3. The van der Waals surface area contributed by atoms with E-state index < -0.39 is 0 Å². The van der Waals surface area contributed by atoms with E-state index in [1.807, 2.05) is 25.1 Å². The van der Waals surface area contributed by atoms with Gasteiger partial charge in [0.15, 0.2) is 17.3 Å². The Bertz CT molecular complexity index is 1180. The van der Waals surface area contributed by atoms with Crippen molar-refractivity contribution in [2.45, 2.75) is 39.0 Å². The van der Waals surface area contributed by atoms with Crippen molar-refractivity contribution in [1.82, 2.24) is 14.8 Å². The fourth-order valence-corrected chi connectivity index (χ4v) is 5.71. The first-order chi connectivity index (χ1) is 18.0. The number of likely N-dealkylation sites (tertiary alicyclic amines) is 2. The van der Waals surface area contributed by atoms with Gasteiger partial charge in [-0.3, -0.25) is 0 Å². The average molecular weight is 507 g/mol. The summed E-state index contributed by atoms with van der Waals surface area (Å²) in [5.41, 5.74) is 2.88. The van der Waals surface area contributed by atoms with Gasteiger partial charge in [-0.15, -0.1) is 0 Å². The van der Waals surface area contributed by atoms with E-state index in [0.29, 0.717) is 12.5 Å². The molecule has 2 fully saturated rings. The van der Waals surface area contributed by atoms with E-state index in [4.69, 9.17) is 18.9 Å². The average Bonchev–Trinajstić information content (AvgIpc) is 3.58. The maximum atomic E-state index is 6.24. The second kappa shape index (κ2) is 11.7. The van der Waals surface area contributed by atoms with Crippen LogP contribution in [-0.4, -0.2) is 81.9 Å². The van der Waals surface area contributed by atoms with Crippen LogP contribution in [0.5, 0.6) is 11.5 Å². The van der Waals surface area contributed by atoms with Crippen molar-refractivity contribution in [1.29, 1.82) is 0 Å². The van der Waals surface area contributed by atoms with Gasteiger partial charge in [-0.25, -0.2) is 4.98 Å². The number of furan rings is 1. The Balaban J connectivity index is 1.43. The fraction of sp³-hybridized carbons (Fsp3) is 0.567. The standard InChI is InChI=1S/C30H42N4O3/c1-22-8-9-28(37-22)26-19-27(33(3)21-23-10-15-32(2)16-11-23)24-18-29(35-4)30(20-25(24)31-26)36-17-7-14-34-12-5-6-13-34/h8-9,18-20,23H,5-7,10-17,21H2,1-4H3. The van der Waals surface area contributed by atoms with Gasteiger partial charge < -0.3 is 28.6 Å². The van der Waals surface area contributed by atoms with Gasteiger partial charge in [0.1, 0.15) is 11.5 Å². The van der Waals surface area contributed by atoms with Gasteiger partial charge in [-0.05, 0) is 102 Å². The third-order valence-corrected chi connectivity index (χ3v) is 7.92. The number of aromatic nitrogens is 1. The Labute approximate surface area is 221 Å². The molecule has 0 bridgehead atoms. The Kier molecular flexibility index (Phi) is 8.20. The first-order valence-electron chi connectivity index (χ1n) is 13.8. The molecule has 1 aromatic carbocycles. The predicted molar refractivity (Wildman–Crippen MR) is 150 cm³/mol. The quantitative estimate of drug-likeness (QED) is 0.339. The van der Waals surface area contributed by atoms with Crippen LogP contribution in [0, 0.1) is 12.8 Å². The summed E-state index contributed by atoms with van der Waals surface area (Å²) in [6.45, 7) is 9.49. The van der Waals surface area contributed by atoms with Gasteiger partial charge in [0.25, 0.3) is 0 Å². The van der Waals surface area contributed by atoms with E-state index in [9.17, 15) is 0 Å². The van der Waals surface area contributed by atoms with Crippen molar-refractivity contribution >= 4 is 16.6 Å². The Morgan fingerprint density at radius 3 is 2.54 bits per heavy atom. The summed E-state index contributed by atoms with van der Waals surface area (Å²) < 4.78 is 18.0. The molecule has 3 aromatic rings. The number of piperidine rings is 1. The van der Waals surface area contributed by atoms with Crippen molar-refractivity contribution < 1.29 is 13.9 Å². The number of nitrogens with zero attached hydrogens (tertiary/aromatic N) is 4. The Morgan fingerprint density at radius 2 is 1.84 bits per heavy atom. The first-order valence-corrected chi connectivity index (χ1v) is 13.8. The third-order valence-electron chi connectivity index (χ3n) is 7.92. The lowest BCUT2D eigenvalue weighted by Crippen LogP contribution is -2.35. The summed E-state index contributed by atoms with van der Waals surface area (Å²) in [7, 11) is 6.12. The lowest BCUT2D eigenvalue weighted by atomic mass is 9.96. The van der Waals surface area contributed by atoms with E-state index in [-0.39, 0.29) is 0 Å². The van der Waals surface area contributed by atoms with Crippen molar-refractivity contribution in [3.8, 4) is 23.0 Å². The molecule has 0 atom stereocenters. The van der Waals surface area contributed by atoms with Crippen molar-refractivity contribution in [3.63, 3.8) is 0 Å². The molecule has 2 aromatic heterocycles. The van der Waals surface area contributed by atoms with Gasteiger partial charge in [0.05, 0.1) is 19.2 Å². The number of fused-ring (bicyclic) bond motifs is 1. The molecule has 2 saturated heterocycles. The van der Waals surface area contributed by atoms with Crippen LogP contribution in [0.25, 0.3) is 22.4 Å². The summed E-state index contributed by atoms with van der Waals surface area (Å²) in [5.74, 6) is 3.86. The monoisotopic (exact) mass is 506 g/mol. The molecule has 0 aliphatic carbocycles. The highest BCUT2D eigenvalue weighted by molar-refractivity contribution is 5.96. The van der Waals surface area contributed by atoms with Crippen LogP contribution in [0.4, 0.5) is 5.69 Å². The van der Waals surface area contributed by atoms with Crippen molar-refractivity contribution in [2.24, 2.45) is 5.92 Å². The number of hydrogen-bond donors (Lipinski definition) is 0. The lowest BCUT2D eigenvalue weighted by Gasteiger charge is -2.33. The van der Waals surface area contributed by atoms with Crippen LogP contribution in [-0.2, 0) is 0 Å². The predicted octanol–water partition coefficient (Wildman–Crippen LogP) is 5.45. The number of ether oxygens (including phenoxy) is 2. The fourth-order valence-electron chi connectivity index (χ4n) is 5.71.